The zero-order valence-corrected chi connectivity index (χ0v) is 16.8. The van der Waals surface area contributed by atoms with Gasteiger partial charge in [-0.1, -0.05) is 12.1 Å². The highest BCUT2D eigenvalue weighted by atomic mass is 19.1. The van der Waals surface area contributed by atoms with Crippen LogP contribution < -0.4 is 11.1 Å². The minimum Gasteiger partial charge on any atom is -0.508 e. The monoisotopic (exact) mass is 419 g/mol. The Hall–Kier alpha value is -3.33. The Bertz CT molecular complexity index is 1220. The van der Waals surface area contributed by atoms with E-state index < -0.39 is 0 Å². The predicted octanol–water partition coefficient (Wildman–Crippen LogP) is 3.47. The van der Waals surface area contributed by atoms with Gasteiger partial charge in [0.05, 0.1) is 5.69 Å². The third-order valence-electron chi connectivity index (χ3n) is 5.57. The Balaban J connectivity index is 1.45. The first-order valence-corrected chi connectivity index (χ1v) is 10.1. The summed E-state index contributed by atoms with van der Waals surface area (Å²) in [5.74, 6) is -0.0829. The summed E-state index contributed by atoms with van der Waals surface area (Å²) < 4.78 is 19.2. The number of H-pyrrole nitrogens is 1. The van der Waals surface area contributed by atoms with Crippen LogP contribution in [0.25, 0.3) is 22.3 Å². The van der Waals surface area contributed by atoms with Gasteiger partial charge in [0.2, 0.25) is 0 Å². The molecule has 1 aliphatic heterocycles. The van der Waals surface area contributed by atoms with Gasteiger partial charge in [0.15, 0.2) is 5.65 Å². The molecule has 0 aliphatic carbocycles. The molecule has 5 rings (SSSR count). The number of rotatable bonds is 6. The zero-order valence-electron chi connectivity index (χ0n) is 16.8. The molecular formula is C23H22FN5O2. The van der Waals surface area contributed by atoms with Crippen LogP contribution in [0.4, 0.5) is 4.39 Å². The molecule has 4 aromatic rings. The highest BCUT2D eigenvalue weighted by Gasteiger charge is 2.43. The van der Waals surface area contributed by atoms with E-state index in [1.54, 1.807) is 24.3 Å². The Morgan fingerprint density at radius 2 is 1.94 bits per heavy atom. The number of aromatic nitrogens is 3. The van der Waals surface area contributed by atoms with Crippen LogP contribution in [-0.2, 0) is 4.74 Å². The van der Waals surface area contributed by atoms with Gasteiger partial charge in [-0.25, -0.2) is 9.37 Å². The van der Waals surface area contributed by atoms with E-state index in [9.17, 15) is 9.50 Å². The molecule has 3 unspecified atom stereocenters. The molecule has 2 aromatic heterocycles. The molecule has 7 nitrogen and oxygen atoms in total. The first-order chi connectivity index (χ1) is 15.0. The Morgan fingerprint density at radius 1 is 1.19 bits per heavy atom. The maximum Gasteiger partial charge on any atom is 0.182 e. The Morgan fingerprint density at radius 3 is 2.65 bits per heavy atom. The fourth-order valence-corrected chi connectivity index (χ4v) is 3.88. The van der Waals surface area contributed by atoms with Gasteiger partial charge in [-0.05, 0) is 60.5 Å². The summed E-state index contributed by atoms with van der Waals surface area (Å²) in [5, 5.41) is 21.3. The number of hydrogen-bond acceptors (Lipinski definition) is 6. The fourth-order valence-electron chi connectivity index (χ4n) is 3.88. The highest BCUT2D eigenvalue weighted by molar-refractivity contribution is 5.85. The number of pyridine rings is 1. The van der Waals surface area contributed by atoms with Gasteiger partial charge in [-0.3, -0.25) is 10.4 Å². The van der Waals surface area contributed by atoms with Crippen molar-refractivity contribution in [2.75, 3.05) is 6.54 Å². The van der Waals surface area contributed by atoms with Crippen molar-refractivity contribution >= 4 is 11.0 Å². The van der Waals surface area contributed by atoms with Crippen molar-refractivity contribution in [3.63, 3.8) is 0 Å². The second-order valence-electron chi connectivity index (χ2n) is 7.67. The number of aromatic hydroxyl groups is 1. The van der Waals surface area contributed by atoms with Crippen LogP contribution in [0.3, 0.4) is 0 Å². The van der Waals surface area contributed by atoms with E-state index in [1.165, 1.54) is 12.1 Å². The van der Waals surface area contributed by atoms with Crippen LogP contribution in [0.1, 0.15) is 29.0 Å². The van der Waals surface area contributed by atoms with Crippen molar-refractivity contribution in [3.8, 4) is 17.0 Å². The number of nitrogens with zero attached hydrogens (tertiary/aromatic N) is 2. The minimum atomic E-state index is -0.281. The van der Waals surface area contributed by atoms with E-state index >= 15 is 0 Å². The zero-order chi connectivity index (χ0) is 21.5. The maximum absolute atomic E-state index is 13.3. The van der Waals surface area contributed by atoms with Crippen LogP contribution >= 0.6 is 0 Å². The number of ether oxygens (including phenoxy) is 1. The second-order valence-corrected chi connectivity index (χ2v) is 7.67. The Kier molecular flexibility index (Phi) is 4.90. The molecule has 0 radical (unpaired) electrons. The second kappa shape index (κ2) is 7.73. The summed E-state index contributed by atoms with van der Waals surface area (Å²) in [7, 11) is 0. The molecule has 3 atom stereocenters. The van der Waals surface area contributed by atoms with Gasteiger partial charge < -0.3 is 15.6 Å². The Labute approximate surface area is 178 Å². The molecule has 0 spiro atoms. The summed E-state index contributed by atoms with van der Waals surface area (Å²) in [6, 6.07) is 15.0. The van der Waals surface area contributed by atoms with Gasteiger partial charge in [0, 0.05) is 29.2 Å². The average molecular weight is 419 g/mol. The first kappa shape index (κ1) is 19.6. The van der Waals surface area contributed by atoms with Crippen LogP contribution in [0, 0.1) is 12.7 Å². The summed E-state index contributed by atoms with van der Waals surface area (Å²) >= 11 is 0. The fraction of sp³-hybridized carbons (Fsp3) is 0.217. The SMILES string of the molecule is Cc1[nH]nc2nc(-c3ccc(O)cc3)cc(C3OC3NC(CN)c3ccc(F)cc3)c12. The third kappa shape index (κ3) is 3.76. The minimum absolute atomic E-state index is 0.157. The number of fused-ring (bicyclic) bond motifs is 1. The van der Waals surface area contributed by atoms with Gasteiger partial charge in [-0.2, -0.15) is 5.10 Å². The number of nitrogens with one attached hydrogen (secondary N) is 2. The standard InChI is InChI=1S/C23H22FN5O2/c1-12-20-17(10-18(26-22(20)29-28-12)13-4-8-16(30)9-5-13)21-23(31-21)27-19(11-25)14-2-6-15(24)7-3-14/h2-10,19,21,23,27,30H,11,25H2,1H3,(H,26,28,29). The van der Waals surface area contributed by atoms with Crippen molar-refractivity contribution in [2.45, 2.75) is 25.3 Å². The molecule has 2 aromatic carbocycles. The molecule has 1 aliphatic rings. The number of halogens is 1. The normalized spacial score (nSPS) is 18.9. The maximum atomic E-state index is 13.3. The molecule has 1 saturated heterocycles. The number of phenolic OH excluding ortho intramolecular Hbond substituents is 1. The smallest absolute Gasteiger partial charge is 0.182 e. The lowest BCUT2D eigenvalue weighted by Gasteiger charge is -2.16. The number of benzene rings is 2. The third-order valence-corrected chi connectivity index (χ3v) is 5.57. The van der Waals surface area contributed by atoms with Crippen LogP contribution in [0.15, 0.2) is 54.6 Å². The molecule has 3 heterocycles. The number of hydrogen-bond donors (Lipinski definition) is 4. The quantitative estimate of drug-likeness (QED) is 0.356. The number of nitrogens with two attached hydrogens (primary N) is 1. The van der Waals surface area contributed by atoms with Crippen molar-refractivity contribution in [1.29, 1.82) is 0 Å². The molecule has 5 N–H and O–H groups in total. The average Bonchev–Trinajstić information content (AvgIpc) is 3.45. The molecule has 0 amide bonds. The summed E-state index contributed by atoms with van der Waals surface area (Å²) in [6.45, 7) is 2.31. The largest absolute Gasteiger partial charge is 0.508 e. The number of epoxide rings is 1. The molecular weight excluding hydrogens is 397 g/mol. The predicted molar refractivity (Wildman–Crippen MR) is 115 cm³/mol. The van der Waals surface area contributed by atoms with Crippen molar-refractivity contribution in [1.82, 2.24) is 20.5 Å². The molecule has 158 valence electrons. The lowest BCUT2D eigenvalue weighted by molar-refractivity contribution is 0.328. The molecule has 8 heteroatoms. The van der Waals surface area contributed by atoms with E-state index in [0.29, 0.717) is 12.2 Å². The lowest BCUT2D eigenvalue weighted by Crippen LogP contribution is -2.30. The van der Waals surface area contributed by atoms with Crippen LogP contribution in [-0.4, -0.2) is 33.1 Å². The van der Waals surface area contributed by atoms with Gasteiger partial charge in [0.25, 0.3) is 0 Å². The van der Waals surface area contributed by atoms with Crippen molar-refractivity contribution in [2.24, 2.45) is 5.73 Å². The molecule has 0 bridgehead atoms. The number of phenols is 1. The summed E-state index contributed by atoms with van der Waals surface area (Å²) in [5.41, 5.74) is 11.0. The van der Waals surface area contributed by atoms with Gasteiger partial charge in [-0.15, -0.1) is 0 Å². The lowest BCUT2D eigenvalue weighted by atomic mass is 10.0. The highest BCUT2D eigenvalue weighted by Crippen LogP contribution is 2.43. The van der Waals surface area contributed by atoms with Gasteiger partial charge in [0.1, 0.15) is 23.9 Å². The number of aryl methyl sites for hydroxylation is 1. The summed E-state index contributed by atoms with van der Waals surface area (Å²) in [6.07, 6.45) is -0.418. The number of aromatic amines is 1. The topological polar surface area (TPSA) is 112 Å². The molecule has 0 saturated carbocycles. The molecule has 1 fully saturated rings. The van der Waals surface area contributed by atoms with Crippen LogP contribution in [0.5, 0.6) is 5.75 Å². The van der Waals surface area contributed by atoms with E-state index in [-0.39, 0.29) is 29.9 Å². The first-order valence-electron chi connectivity index (χ1n) is 10.1. The van der Waals surface area contributed by atoms with E-state index in [4.69, 9.17) is 10.5 Å². The van der Waals surface area contributed by atoms with Crippen molar-refractivity contribution < 1.29 is 14.2 Å². The molecule has 31 heavy (non-hydrogen) atoms. The van der Waals surface area contributed by atoms with E-state index in [0.717, 1.165) is 33.5 Å². The van der Waals surface area contributed by atoms with Crippen molar-refractivity contribution in [3.05, 3.63) is 77.2 Å². The van der Waals surface area contributed by atoms with Crippen LogP contribution in [0.2, 0.25) is 0 Å². The van der Waals surface area contributed by atoms with E-state index in [2.05, 4.69) is 20.5 Å². The van der Waals surface area contributed by atoms with Gasteiger partial charge >= 0.3 is 0 Å². The summed E-state index contributed by atoms with van der Waals surface area (Å²) in [4.78, 5) is 4.67. The van der Waals surface area contributed by atoms with E-state index in [1.807, 2.05) is 25.1 Å².